The monoisotopic (exact) mass is 483 g/mol. The highest BCUT2D eigenvalue weighted by molar-refractivity contribution is 6.83. The summed E-state index contributed by atoms with van der Waals surface area (Å²) in [6.07, 6.45) is 1.44. The number of fused-ring (bicyclic) bond motifs is 1. The Bertz CT molecular complexity index is 1190. The number of methoxy groups -OCH3 is 2. The van der Waals surface area contributed by atoms with Gasteiger partial charge >= 0.3 is 0 Å². The number of anilines is 2. The van der Waals surface area contributed by atoms with Gasteiger partial charge in [0.25, 0.3) is 0 Å². The van der Waals surface area contributed by atoms with Gasteiger partial charge in [0.2, 0.25) is 0 Å². The minimum atomic E-state index is -1.59. The molecule has 0 bridgehead atoms. The van der Waals surface area contributed by atoms with Gasteiger partial charge in [0.05, 0.1) is 18.7 Å². The summed E-state index contributed by atoms with van der Waals surface area (Å²) in [5.41, 5.74) is 5.07. The molecule has 9 heteroatoms. The second-order valence-corrected chi connectivity index (χ2v) is 13.3. The molecule has 0 aliphatic rings. The molecule has 0 radical (unpaired) electrons. The van der Waals surface area contributed by atoms with Crippen LogP contribution in [0.2, 0.25) is 19.6 Å². The van der Waals surface area contributed by atoms with Gasteiger partial charge in [-0.25, -0.2) is 14.4 Å². The van der Waals surface area contributed by atoms with E-state index in [0.717, 1.165) is 0 Å². The van der Waals surface area contributed by atoms with Crippen molar-refractivity contribution in [2.75, 3.05) is 46.0 Å². The molecule has 3 aromatic rings. The zero-order valence-corrected chi connectivity index (χ0v) is 21.2. The lowest BCUT2D eigenvalue weighted by Crippen LogP contribution is -2.16. The maximum Gasteiger partial charge on any atom is 0.163 e. The van der Waals surface area contributed by atoms with E-state index in [1.54, 1.807) is 26.4 Å². The Balaban J connectivity index is 1.97. The van der Waals surface area contributed by atoms with Crippen molar-refractivity contribution in [3.63, 3.8) is 0 Å². The second-order valence-electron chi connectivity index (χ2n) is 8.57. The van der Waals surface area contributed by atoms with Crippen LogP contribution in [0.1, 0.15) is 5.56 Å². The number of rotatable bonds is 10. The highest BCUT2D eigenvalue weighted by atomic mass is 28.3. The van der Waals surface area contributed by atoms with E-state index in [1.165, 1.54) is 18.5 Å². The molecule has 0 aliphatic carbocycles. The fraction of sp³-hybridized carbons (Fsp3) is 0.360. The zero-order chi connectivity index (χ0) is 24.6. The molecule has 3 rings (SSSR count). The maximum absolute atomic E-state index is 14.3. The van der Waals surface area contributed by atoms with Crippen LogP contribution in [0, 0.1) is 17.3 Å². The molecule has 0 atom stereocenters. The minimum absolute atomic E-state index is 0.349. The summed E-state index contributed by atoms with van der Waals surface area (Å²) in [6, 6.07) is 8.24. The van der Waals surface area contributed by atoms with E-state index in [1.807, 2.05) is 6.07 Å². The minimum Gasteiger partial charge on any atom is -0.487 e. The van der Waals surface area contributed by atoms with Gasteiger partial charge in [-0.05, 0) is 24.3 Å². The molecule has 1 N–H and O–H groups in total. The van der Waals surface area contributed by atoms with Crippen LogP contribution in [0.25, 0.3) is 10.9 Å². The van der Waals surface area contributed by atoms with Crippen molar-refractivity contribution in [1.29, 1.82) is 0 Å². The molecule has 180 valence electrons. The Morgan fingerprint density at radius 3 is 2.21 bits per heavy atom. The zero-order valence-electron chi connectivity index (χ0n) is 20.2. The first-order chi connectivity index (χ1) is 16.3. The molecule has 34 heavy (non-hydrogen) atoms. The van der Waals surface area contributed by atoms with Gasteiger partial charge in [-0.1, -0.05) is 25.6 Å². The highest BCUT2D eigenvalue weighted by Gasteiger charge is 2.14. The molecule has 0 amide bonds. The van der Waals surface area contributed by atoms with Crippen LogP contribution in [0.15, 0.2) is 36.7 Å². The number of ether oxygens (including phenoxy) is 4. The topological polar surface area (TPSA) is 74.7 Å². The van der Waals surface area contributed by atoms with Crippen LogP contribution in [0.5, 0.6) is 11.5 Å². The summed E-state index contributed by atoms with van der Waals surface area (Å²) in [6.45, 7) is 8.01. The third-order valence-electron chi connectivity index (χ3n) is 4.53. The van der Waals surface area contributed by atoms with Crippen LogP contribution in [0.3, 0.4) is 0 Å². The standard InChI is InChI=1S/C25H30FN3O4Si/c1-30-7-9-32-23-15-21-22(16-24(23)33-10-8-31-2)27-17-28-25(21)29-20-13-18(12-19(26)14-20)6-11-34(3,4)5/h12-17H,7-10H2,1-5H3,(H,27,28,29). The summed E-state index contributed by atoms with van der Waals surface area (Å²) in [5.74, 6) is 4.31. The number of benzene rings is 2. The maximum atomic E-state index is 14.3. The van der Waals surface area contributed by atoms with E-state index < -0.39 is 8.07 Å². The van der Waals surface area contributed by atoms with Gasteiger partial charge in [0.15, 0.2) is 11.5 Å². The first-order valence-corrected chi connectivity index (χ1v) is 14.4. The Hall–Kier alpha value is -3.19. The van der Waals surface area contributed by atoms with Crippen LogP contribution in [0.4, 0.5) is 15.9 Å². The van der Waals surface area contributed by atoms with Crippen molar-refractivity contribution in [3.8, 4) is 23.0 Å². The Labute approximate surface area is 200 Å². The van der Waals surface area contributed by atoms with Crippen molar-refractivity contribution in [2.45, 2.75) is 19.6 Å². The summed E-state index contributed by atoms with van der Waals surface area (Å²) >= 11 is 0. The van der Waals surface area contributed by atoms with E-state index >= 15 is 0 Å². The molecule has 0 saturated heterocycles. The summed E-state index contributed by atoms with van der Waals surface area (Å²) in [5, 5.41) is 3.90. The Morgan fingerprint density at radius 2 is 1.56 bits per heavy atom. The van der Waals surface area contributed by atoms with E-state index in [0.29, 0.717) is 65.9 Å². The lowest BCUT2D eigenvalue weighted by atomic mass is 10.1. The largest absolute Gasteiger partial charge is 0.487 e. The molecular weight excluding hydrogens is 453 g/mol. The normalized spacial score (nSPS) is 11.1. The van der Waals surface area contributed by atoms with Crippen LogP contribution in [-0.2, 0) is 9.47 Å². The van der Waals surface area contributed by atoms with Crippen molar-refractivity contribution < 1.29 is 23.3 Å². The fourth-order valence-corrected chi connectivity index (χ4v) is 3.51. The Kier molecular flexibility index (Phi) is 8.82. The average molecular weight is 484 g/mol. The van der Waals surface area contributed by atoms with E-state index in [9.17, 15) is 4.39 Å². The summed E-state index contributed by atoms with van der Waals surface area (Å²) < 4.78 is 36.2. The first kappa shape index (κ1) is 25.4. The highest BCUT2D eigenvalue weighted by Crippen LogP contribution is 2.35. The molecule has 1 heterocycles. The molecule has 0 saturated carbocycles. The van der Waals surface area contributed by atoms with Crippen molar-refractivity contribution in [1.82, 2.24) is 9.97 Å². The predicted molar refractivity (Wildman–Crippen MR) is 134 cm³/mol. The van der Waals surface area contributed by atoms with Gasteiger partial charge in [-0.2, -0.15) is 0 Å². The number of nitrogens with one attached hydrogen (secondary N) is 1. The van der Waals surface area contributed by atoms with Crippen molar-refractivity contribution in [2.24, 2.45) is 0 Å². The Morgan fingerprint density at radius 1 is 0.882 bits per heavy atom. The molecule has 7 nitrogen and oxygen atoms in total. The number of aromatic nitrogens is 2. The van der Waals surface area contributed by atoms with Gasteiger partial charge in [-0.3, -0.25) is 0 Å². The first-order valence-electron chi connectivity index (χ1n) is 10.9. The van der Waals surface area contributed by atoms with Crippen molar-refractivity contribution >= 4 is 30.5 Å². The van der Waals surface area contributed by atoms with E-state index in [2.05, 4.69) is 46.4 Å². The third-order valence-corrected chi connectivity index (χ3v) is 5.41. The van der Waals surface area contributed by atoms with Gasteiger partial charge < -0.3 is 24.3 Å². The average Bonchev–Trinajstić information content (AvgIpc) is 2.78. The van der Waals surface area contributed by atoms with Crippen molar-refractivity contribution in [3.05, 3.63) is 48.0 Å². The van der Waals surface area contributed by atoms with E-state index in [4.69, 9.17) is 18.9 Å². The molecule has 0 unspecified atom stereocenters. The van der Waals surface area contributed by atoms with Gasteiger partial charge in [0, 0.05) is 36.9 Å². The van der Waals surface area contributed by atoms with Crippen LogP contribution in [-0.4, -0.2) is 58.7 Å². The van der Waals surface area contributed by atoms with Crippen LogP contribution >= 0.6 is 0 Å². The SMILES string of the molecule is COCCOc1cc2ncnc(Nc3cc(F)cc(C#C[Si](C)(C)C)c3)c2cc1OCCOC. The number of hydrogen-bond donors (Lipinski definition) is 1. The predicted octanol–water partition coefficient (Wildman–Crippen LogP) is 4.79. The molecule has 0 spiro atoms. The third kappa shape index (κ3) is 7.42. The molecular formula is C25H30FN3O4Si. The number of hydrogen-bond acceptors (Lipinski definition) is 7. The second kappa shape index (κ2) is 11.8. The molecule has 0 fully saturated rings. The molecule has 1 aromatic heterocycles. The van der Waals surface area contributed by atoms with E-state index in [-0.39, 0.29) is 5.82 Å². The summed E-state index contributed by atoms with van der Waals surface area (Å²) in [4.78, 5) is 8.74. The smallest absolute Gasteiger partial charge is 0.163 e. The molecule has 0 aliphatic heterocycles. The van der Waals surface area contributed by atoms with Gasteiger partial charge in [0.1, 0.15) is 39.3 Å². The lowest BCUT2D eigenvalue weighted by Gasteiger charge is -2.15. The number of halogens is 1. The lowest BCUT2D eigenvalue weighted by molar-refractivity contribution is 0.132. The number of nitrogens with zero attached hydrogens (tertiary/aromatic N) is 2. The quantitative estimate of drug-likeness (QED) is 0.252. The van der Waals surface area contributed by atoms with Crippen LogP contribution < -0.4 is 14.8 Å². The fourth-order valence-electron chi connectivity index (χ4n) is 2.99. The van der Waals surface area contributed by atoms with Gasteiger partial charge in [-0.15, -0.1) is 5.54 Å². The summed E-state index contributed by atoms with van der Waals surface area (Å²) in [7, 11) is 1.63. The molecule has 2 aromatic carbocycles.